The first-order chi connectivity index (χ1) is 9.61. The van der Waals surface area contributed by atoms with Crippen LogP contribution in [0.15, 0.2) is 29.2 Å². The van der Waals surface area contributed by atoms with E-state index in [-0.39, 0.29) is 18.1 Å². The summed E-state index contributed by atoms with van der Waals surface area (Å²) < 4.78 is 2.51. The Hall–Kier alpha value is -2.15. The molecule has 0 aliphatic heterocycles. The van der Waals surface area contributed by atoms with Gasteiger partial charge in [0.1, 0.15) is 6.54 Å². The van der Waals surface area contributed by atoms with Gasteiger partial charge in [0.2, 0.25) is 5.91 Å². The Kier molecular flexibility index (Phi) is 4.52. The number of carbonyl (C=O) groups is 1. The Morgan fingerprint density at radius 1 is 1.50 bits per heavy atom. The summed E-state index contributed by atoms with van der Waals surface area (Å²) >= 11 is 0. The van der Waals surface area contributed by atoms with Gasteiger partial charge in [-0.3, -0.25) is 9.20 Å². The molecule has 1 amide bonds. The summed E-state index contributed by atoms with van der Waals surface area (Å²) in [5.74, 6) is -0.293. The lowest BCUT2D eigenvalue weighted by molar-refractivity contribution is -0.121. The zero-order valence-corrected chi connectivity index (χ0v) is 11.3. The van der Waals surface area contributed by atoms with Gasteiger partial charge >= 0.3 is 5.69 Å². The Morgan fingerprint density at radius 2 is 2.30 bits per heavy atom. The second-order valence-corrected chi connectivity index (χ2v) is 4.57. The van der Waals surface area contributed by atoms with E-state index < -0.39 is 6.10 Å². The Morgan fingerprint density at radius 3 is 3.00 bits per heavy atom. The molecular formula is C13H18N4O3. The minimum Gasteiger partial charge on any atom is -0.393 e. The fourth-order valence-electron chi connectivity index (χ4n) is 1.85. The quantitative estimate of drug-likeness (QED) is 0.764. The number of hydrogen-bond donors (Lipinski definition) is 2. The zero-order chi connectivity index (χ0) is 14.5. The summed E-state index contributed by atoms with van der Waals surface area (Å²) in [4.78, 5) is 23.6. The van der Waals surface area contributed by atoms with Crippen molar-refractivity contribution in [2.75, 3.05) is 6.54 Å². The fourth-order valence-corrected chi connectivity index (χ4v) is 1.85. The maximum absolute atomic E-state index is 11.9. The first-order valence-corrected chi connectivity index (χ1v) is 6.60. The van der Waals surface area contributed by atoms with Gasteiger partial charge in [0, 0.05) is 12.7 Å². The van der Waals surface area contributed by atoms with Crippen LogP contribution < -0.4 is 11.0 Å². The summed E-state index contributed by atoms with van der Waals surface area (Å²) in [5, 5.41) is 16.1. The number of carbonyl (C=O) groups excluding carboxylic acids is 1. The minimum absolute atomic E-state index is 0.122. The number of aliphatic hydroxyl groups is 1. The van der Waals surface area contributed by atoms with Crippen LogP contribution in [0.5, 0.6) is 0 Å². The summed E-state index contributed by atoms with van der Waals surface area (Å²) in [6.45, 7) is 2.14. The molecule has 2 aromatic heterocycles. The molecule has 0 saturated heterocycles. The van der Waals surface area contributed by atoms with Crippen molar-refractivity contribution in [1.82, 2.24) is 19.5 Å². The van der Waals surface area contributed by atoms with Crippen LogP contribution in [0.2, 0.25) is 0 Å². The molecule has 1 atom stereocenters. The molecule has 1 unspecified atom stereocenters. The molecule has 2 N–H and O–H groups in total. The van der Waals surface area contributed by atoms with Crippen LogP contribution in [-0.2, 0) is 11.3 Å². The molecule has 2 heterocycles. The van der Waals surface area contributed by atoms with E-state index in [4.69, 9.17) is 0 Å². The lowest BCUT2D eigenvalue weighted by Crippen LogP contribution is -2.34. The molecular weight excluding hydrogens is 260 g/mol. The Labute approximate surface area is 115 Å². The molecule has 0 spiro atoms. The van der Waals surface area contributed by atoms with E-state index in [1.807, 2.05) is 6.92 Å². The van der Waals surface area contributed by atoms with Gasteiger partial charge in [0.15, 0.2) is 5.65 Å². The standard InChI is InChI=1S/C13H18N4O3/c1-2-10(18)6-7-14-12(19)9-17-13(20)16-8-4-3-5-11(16)15-17/h3-5,8,10,18H,2,6-7,9H2,1H3,(H,14,19). The van der Waals surface area contributed by atoms with Gasteiger partial charge in [-0.2, -0.15) is 0 Å². The molecule has 20 heavy (non-hydrogen) atoms. The van der Waals surface area contributed by atoms with Crippen LogP contribution in [0.25, 0.3) is 5.65 Å². The largest absolute Gasteiger partial charge is 0.393 e. The number of nitrogens with zero attached hydrogens (tertiary/aromatic N) is 3. The third-order valence-corrected chi connectivity index (χ3v) is 3.05. The van der Waals surface area contributed by atoms with Crippen LogP contribution >= 0.6 is 0 Å². The summed E-state index contributed by atoms with van der Waals surface area (Å²) in [5.41, 5.74) is 0.163. The average molecular weight is 278 g/mol. The fraction of sp³-hybridized carbons (Fsp3) is 0.462. The van der Waals surface area contributed by atoms with Crippen LogP contribution in [0.3, 0.4) is 0 Å². The predicted octanol–water partition coefficient (Wildman–Crippen LogP) is -0.227. The molecule has 108 valence electrons. The lowest BCUT2D eigenvalue weighted by atomic mass is 10.2. The molecule has 7 heteroatoms. The number of rotatable bonds is 6. The normalized spacial score (nSPS) is 12.5. The van der Waals surface area contributed by atoms with Crippen LogP contribution in [-0.4, -0.2) is 37.8 Å². The van der Waals surface area contributed by atoms with Crippen molar-refractivity contribution in [3.05, 3.63) is 34.9 Å². The van der Waals surface area contributed by atoms with E-state index in [1.165, 1.54) is 4.40 Å². The van der Waals surface area contributed by atoms with E-state index in [2.05, 4.69) is 10.4 Å². The monoisotopic (exact) mass is 278 g/mol. The molecule has 0 radical (unpaired) electrons. The second-order valence-electron chi connectivity index (χ2n) is 4.57. The molecule has 0 aromatic carbocycles. The highest BCUT2D eigenvalue weighted by Crippen LogP contribution is 1.96. The Balaban J connectivity index is 1.96. The lowest BCUT2D eigenvalue weighted by Gasteiger charge is -2.08. The second kappa shape index (κ2) is 6.33. The van der Waals surface area contributed by atoms with Crippen molar-refractivity contribution in [1.29, 1.82) is 0 Å². The number of fused-ring (bicyclic) bond motifs is 1. The average Bonchev–Trinajstić information content (AvgIpc) is 2.75. The third-order valence-electron chi connectivity index (χ3n) is 3.05. The van der Waals surface area contributed by atoms with Crippen molar-refractivity contribution >= 4 is 11.6 Å². The highest BCUT2D eigenvalue weighted by molar-refractivity contribution is 5.75. The van der Waals surface area contributed by atoms with Crippen molar-refractivity contribution in [2.24, 2.45) is 0 Å². The third kappa shape index (κ3) is 3.24. The molecule has 0 fully saturated rings. The van der Waals surface area contributed by atoms with Gasteiger partial charge in [-0.05, 0) is 25.0 Å². The van der Waals surface area contributed by atoms with Crippen molar-refractivity contribution < 1.29 is 9.90 Å². The summed E-state index contributed by atoms with van der Waals surface area (Å²) in [7, 11) is 0. The van der Waals surface area contributed by atoms with E-state index in [0.717, 1.165) is 4.68 Å². The van der Waals surface area contributed by atoms with Crippen molar-refractivity contribution in [3.63, 3.8) is 0 Å². The summed E-state index contributed by atoms with van der Waals surface area (Å²) in [6.07, 6.45) is 2.36. The zero-order valence-electron chi connectivity index (χ0n) is 11.3. The Bertz CT molecular complexity index is 646. The van der Waals surface area contributed by atoms with Crippen LogP contribution in [0, 0.1) is 0 Å². The van der Waals surface area contributed by atoms with Gasteiger partial charge < -0.3 is 10.4 Å². The highest BCUT2D eigenvalue weighted by Gasteiger charge is 2.10. The predicted molar refractivity (Wildman–Crippen MR) is 73.4 cm³/mol. The molecule has 0 bridgehead atoms. The smallest absolute Gasteiger partial charge is 0.350 e. The van der Waals surface area contributed by atoms with Crippen LogP contribution in [0.4, 0.5) is 0 Å². The minimum atomic E-state index is -0.409. The van der Waals surface area contributed by atoms with Gasteiger partial charge in [-0.25, -0.2) is 9.48 Å². The highest BCUT2D eigenvalue weighted by atomic mass is 16.3. The molecule has 2 rings (SSSR count). The number of hydrogen-bond acceptors (Lipinski definition) is 4. The summed E-state index contributed by atoms with van der Waals surface area (Å²) in [6, 6.07) is 5.21. The van der Waals surface area contributed by atoms with Crippen LogP contribution in [0.1, 0.15) is 19.8 Å². The number of nitrogens with one attached hydrogen (secondary N) is 1. The first-order valence-electron chi connectivity index (χ1n) is 6.60. The maximum atomic E-state index is 11.9. The van der Waals surface area contributed by atoms with Gasteiger partial charge in [-0.1, -0.05) is 13.0 Å². The number of amides is 1. The van der Waals surface area contributed by atoms with Gasteiger partial charge in [0.25, 0.3) is 0 Å². The molecule has 2 aromatic rings. The maximum Gasteiger partial charge on any atom is 0.350 e. The number of aliphatic hydroxyl groups excluding tert-OH is 1. The molecule has 7 nitrogen and oxygen atoms in total. The molecule has 0 aliphatic rings. The molecule has 0 saturated carbocycles. The first kappa shape index (κ1) is 14.3. The number of pyridine rings is 1. The van der Waals surface area contributed by atoms with Gasteiger partial charge in [0.05, 0.1) is 6.10 Å². The molecule has 0 aliphatic carbocycles. The number of aromatic nitrogens is 3. The van der Waals surface area contributed by atoms with E-state index in [0.29, 0.717) is 25.0 Å². The SMILES string of the molecule is CCC(O)CCNC(=O)Cn1nc2ccccn2c1=O. The van der Waals surface area contributed by atoms with E-state index in [9.17, 15) is 14.7 Å². The van der Waals surface area contributed by atoms with Crippen molar-refractivity contribution in [3.8, 4) is 0 Å². The van der Waals surface area contributed by atoms with E-state index >= 15 is 0 Å². The topological polar surface area (TPSA) is 88.6 Å². The van der Waals surface area contributed by atoms with Gasteiger partial charge in [-0.15, -0.1) is 5.10 Å². The van der Waals surface area contributed by atoms with E-state index in [1.54, 1.807) is 24.4 Å². The van der Waals surface area contributed by atoms with Crippen molar-refractivity contribution in [2.45, 2.75) is 32.4 Å².